The number of nitrogens with one attached hydrogen (secondary N) is 1. The van der Waals surface area contributed by atoms with Crippen molar-refractivity contribution in [1.29, 1.82) is 0 Å². The van der Waals surface area contributed by atoms with Crippen LogP contribution in [0.15, 0.2) is 36.7 Å². The molecule has 0 aliphatic heterocycles. The highest BCUT2D eigenvalue weighted by molar-refractivity contribution is 6.04. The summed E-state index contributed by atoms with van der Waals surface area (Å²) in [5.41, 5.74) is 0.798. The predicted molar refractivity (Wildman–Crippen MR) is 74.9 cm³/mol. The molecule has 2 rings (SSSR count). The number of rotatable bonds is 6. The topological polar surface area (TPSA) is 99.3 Å². The van der Waals surface area contributed by atoms with E-state index < -0.39 is 4.92 Å². The lowest BCUT2D eigenvalue weighted by Crippen LogP contribution is -2.11. The largest absolute Gasteiger partial charge is 0.360 e. The Hall–Kier alpha value is -2.74. The van der Waals surface area contributed by atoms with Crippen LogP contribution in [0.5, 0.6) is 0 Å². The van der Waals surface area contributed by atoms with E-state index in [1.807, 2.05) is 6.92 Å². The molecular weight excluding hydrogens is 276 g/mol. The second kappa shape index (κ2) is 6.62. The number of benzene rings is 1. The smallest absolute Gasteiger partial charge is 0.269 e. The molecule has 0 bridgehead atoms. The molecule has 1 aromatic heterocycles. The van der Waals surface area contributed by atoms with E-state index in [1.165, 1.54) is 30.5 Å². The van der Waals surface area contributed by atoms with Crippen molar-refractivity contribution >= 4 is 17.3 Å². The van der Waals surface area contributed by atoms with Gasteiger partial charge in [-0.05, 0) is 19.1 Å². The zero-order valence-corrected chi connectivity index (χ0v) is 11.4. The first kappa shape index (κ1) is 14.7. The molecule has 0 saturated heterocycles. The summed E-state index contributed by atoms with van der Waals surface area (Å²) in [6, 6.07) is 5.37. The first-order chi connectivity index (χ1) is 10.1. The van der Waals surface area contributed by atoms with Gasteiger partial charge in [0.05, 0.1) is 23.0 Å². The minimum Gasteiger partial charge on any atom is -0.360 e. The van der Waals surface area contributed by atoms with Gasteiger partial charge in [-0.3, -0.25) is 14.9 Å². The molecule has 0 aliphatic rings. The standard InChI is InChI=1S/C13H14N4O4/c1-2-21-9-16-8-11(7-14-16)15-13(18)10-3-5-12(6-4-10)17(19)20/h3-8H,2,9H2,1H3,(H,15,18). The zero-order valence-electron chi connectivity index (χ0n) is 11.4. The molecule has 110 valence electrons. The van der Waals surface area contributed by atoms with Crippen LogP contribution in [0.2, 0.25) is 0 Å². The van der Waals surface area contributed by atoms with Crippen LogP contribution in [0.4, 0.5) is 11.4 Å². The maximum atomic E-state index is 12.0. The Bertz CT molecular complexity index is 636. The Kier molecular flexibility index (Phi) is 4.62. The molecule has 0 fully saturated rings. The average molecular weight is 290 g/mol. The Morgan fingerprint density at radius 2 is 2.14 bits per heavy atom. The molecule has 0 unspecified atom stereocenters. The number of carbonyl (C=O) groups excluding carboxylic acids is 1. The zero-order chi connectivity index (χ0) is 15.2. The van der Waals surface area contributed by atoms with E-state index in [1.54, 1.807) is 10.9 Å². The molecule has 0 spiro atoms. The Labute approximate surface area is 120 Å². The van der Waals surface area contributed by atoms with Gasteiger partial charge in [-0.15, -0.1) is 0 Å². The van der Waals surface area contributed by atoms with Crippen molar-refractivity contribution in [3.05, 3.63) is 52.3 Å². The summed E-state index contributed by atoms with van der Waals surface area (Å²) in [4.78, 5) is 22.0. The number of ether oxygens (including phenoxy) is 1. The molecule has 0 radical (unpaired) electrons. The van der Waals surface area contributed by atoms with Crippen LogP contribution in [-0.4, -0.2) is 27.2 Å². The number of aromatic nitrogens is 2. The summed E-state index contributed by atoms with van der Waals surface area (Å²) in [5, 5.41) is 17.2. The van der Waals surface area contributed by atoms with Crippen molar-refractivity contribution in [3.63, 3.8) is 0 Å². The molecule has 0 saturated carbocycles. The van der Waals surface area contributed by atoms with Crippen LogP contribution >= 0.6 is 0 Å². The summed E-state index contributed by atoms with van der Waals surface area (Å²) in [7, 11) is 0. The van der Waals surface area contributed by atoms with E-state index in [-0.39, 0.29) is 11.6 Å². The van der Waals surface area contributed by atoms with E-state index in [0.29, 0.717) is 24.6 Å². The number of carbonyl (C=O) groups is 1. The Morgan fingerprint density at radius 3 is 2.76 bits per heavy atom. The Balaban J connectivity index is 2.00. The fraction of sp³-hybridized carbons (Fsp3) is 0.231. The fourth-order valence-corrected chi connectivity index (χ4v) is 1.62. The number of anilines is 1. The third-order valence-electron chi connectivity index (χ3n) is 2.66. The van der Waals surface area contributed by atoms with E-state index in [9.17, 15) is 14.9 Å². The molecule has 8 nitrogen and oxygen atoms in total. The van der Waals surface area contributed by atoms with Crippen molar-refractivity contribution in [2.45, 2.75) is 13.7 Å². The molecule has 0 aliphatic carbocycles. The second-order valence-corrected chi connectivity index (χ2v) is 4.15. The van der Waals surface area contributed by atoms with Crippen LogP contribution in [0, 0.1) is 10.1 Å². The van der Waals surface area contributed by atoms with Crippen LogP contribution in [0.25, 0.3) is 0 Å². The van der Waals surface area contributed by atoms with Gasteiger partial charge in [0.15, 0.2) is 0 Å². The van der Waals surface area contributed by atoms with E-state index >= 15 is 0 Å². The van der Waals surface area contributed by atoms with E-state index in [4.69, 9.17) is 4.74 Å². The lowest BCUT2D eigenvalue weighted by Gasteiger charge is -2.02. The third kappa shape index (κ3) is 3.86. The van der Waals surface area contributed by atoms with Crippen molar-refractivity contribution in [1.82, 2.24) is 9.78 Å². The number of hydrogen-bond donors (Lipinski definition) is 1. The number of amides is 1. The van der Waals surface area contributed by atoms with Crippen molar-refractivity contribution < 1.29 is 14.5 Å². The summed E-state index contributed by atoms with van der Waals surface area (Å²) >= 11 is 0. The summed E-state index contributed by atoms with van der Waals surface area (Å²) in [5.74, 6) is -0.360. The molecule has 1 N–H and O–H groups in total. The van der Waals surface area contributed by atoms with Gasteiger partial charge in [-0.2, -0.15) is 5.10 Å². The first-order valence-corrected chi connectivity index (χ1v) is 6.26. The van der Waals surface area contributed by atoms with E-state index in [0.717, 1.165) is 0 Å². The second-order valence-electron chi connectivity index (χ2n) is 4.15. The summed E-state index contributed by atoms with van der Waals surface area (Å²) in [6.45, 7) is 2.76. The predicted octanol–water partition coefficient (Wildman–Crippen LogP) is 2.04. The van der Waals surface area contributed by atoms with Crippen LogP contribution < -0.4 is 5.32 Å². The van der Waals surface area contributed by atoms with Gasteiger partial charge in [0.2, 0.25) is 0 Å². The molecule has 21 heavy (non-hydrogen) atoms. The van der Waals surface area contributed by atoms with Gasteiger partial charge in [0.25, 0.3) is 11.6 Å². The lowest BCUT2D eigenvalue weighted by atomic mass is 10.2. The lowest BCUT2D eigenvalue weighted by molar-refractivity contribution is -0.384. The number of nitro benzene ring substituents is 1. The Morgan fingerprint density at radius 1 is 1.43 bits per heavy atom. The van der Waals surface area contributed by atoms with E-state index in [2.05, 4.69) is 10.4 Å². The average Bonchev–Trinajstić information content (AvgIpc) is 2.92. The summed E-state index contributed by atoms with van der Waals surface area (Å²) in [6.07, 6.45) is 3.14. The first-order valence-electron chi connectivity index (χ1n) is 6.26. The molecule has 0 atom stereocenters. The van der Waals surface area contributed by atoms with Crippen molar-refractivity contribution in [3.8, 4) is 0 Å². The maximum absolute atomic E-state index is 12.0. The molecule has 8 heteroatoms. The highest BCUT2D eigenvalue weighted by atomic mass is 16.6. The number of nitrogens with zero attached hydrogens (tertiary/aromatic N) is 3. The fourth-order valence-electron chi connectivity index (χ4n) is 1.62. The third-order valence-corrected chi connectivity index (χ3v) is 2.66. The number of nitro groups is 1. The van der Waals surface area contributed by atoms with Gasteiger partial charge < -0.3 is 10.1 Å². The summed E-state index contributed by atoms with van der Waals surface area (Å²) < 4.78 is 6.73. The van der Waals surface area contributed by atoms with Gasteiger partial charge in [-0.25, -0.2) is 4.68 Å². The minimum absolute atomic E-state index is 0.0592. The monoisotopic (exact) mass is 290 g/mol. The molecule has 1 amide bonds. The van der Waals surface area contributed by atoms with Gasteiger partial charge >= 0.3 is 0 Å². The van der Waals surface area contributed by atoms with Gasteiger partial charge in [-0.1, -0.05) is 0 Å². The molecular formula is C13H14N4O4. The molecule has 1 aromatic carbocycles. The van der Waals surface area contributed by atoms with Crippen LogP contribution in [-0.2, 0) is 11.5 Å². The van der Waals surface area contributed by atoms with Crippen molar-refractivity contribution in [2.24, 2.45) is 0 Å². The molecule has 1 heterocycles. The van der Waals surface area contributed by atoms with Crippen molar-refractivity contribution in [2.75, 3.05) is 11.9 Å². The quantitative estimate of drug-likeness (QED) is 0.648. The van der Waals surface area contributed by atoms with Crippen LogP contribution in [0.1, 0.15) is 17.3 Å². The number of hydrogen-bond acceptors (Lipinski definition) is 5. The number of non-ortho nitro benzene ring substituents is 1. The minimum atomic E-state index is -0.514. The van der Waals surface area contributed by atoms with Crippen LogP contribution in [0.3, 0.4) is 0 Å². The highest BCUT2D eigenvalue weighted by Gasteiger charge is 2.10. The maximum Gasteiger partial charge on any atom is 0.269 e. The highest BCUT2D eigenvalue weighted by Crippen LogP contribution is 2.13. The SMILES string of the molecule is CCOCn1cc(NC(=O)c2ccc([N+](=O)[O-])cc2)cn1. The van der Waals surface area contributed by atoms with Gasteiger partial charge in [0.1, 0.15) is 6.73 Å². The molecule has 2 aromatic rings. The normalized spacial score (nSPS) is 10.3. The van der Waals surface area contributed by atoms with Gasteiger partial charge in [0, 0.05) is 24.3 Å².